The van der Waals surface area contributed by atoms with E-state index in [1.165, 1.54) is 11.9 Å². The molecule has 1 atom stereocenters. The highest BCUT2D eigenvalue weighted by atomic mass is 19.1. The summed E-state index contributed by atoms with van der Waals surface area (Å²) in [6.45, 7) is 4.96. The first kappa shape index (κ1) is 23.8. The number of carbonyl (C=O) groups excluding carboxylic acids is 1. The van der Waals surface area contributed by atoms with E-state index in [0.29, 0.717) is 18.7 Å². The molecule has 0 saturated carbocycles. The number of halogens is 2. The number of benzene rings is 2. The van der Waals surface area contributed by atoms with E-state index < -0.39 is 17.0 Å². The maximum absolute atomic E-state index is 14.6. The fourth-order valence-electron chi connectivity index (χ4n) is 4.63. The van der Waals surface area contributed by atoms with E-state index in [4.69, 9.17) is 4.52 Å². The topological polar surface area (TPSA) is 61.9 Å². The van der Waals surface area contributed by atoms with E-state index in [1.54, 1.807) is 0 Å². The van der Waals surface area contributed by atoms with Crippen molar-refractivity contribution in [3.8, 4) is 0 Å². The zero-order valence-electron chi connectivity index (χ0n) is 19.6. The van der Waals surface area contributed by atoms with E-state index in [2.05, 4.69) is 15.2 Å². The number of anilines is 1. The summed E-state index contributed by atoms with van der Waals surface area (Å²) in [7, 11) is 2.00. The van der Waals surface area contributed by atoms with E-state index in [0.717, 1.165) is 48.2 Å². The van der Waals surface area contributed by atoms with Gasteiger partial charge in [0.25, 0.3) is 0 Å². The van der Waals surface area contributed by atoms with E-state index >= 15 is 0 Å². The normalized spacial score (nSPS) is 17.9. The molecule has 178 valence electrons. The third-order valence-electron chi connectivity index (χ3n) is 6.19. The summed E-state index contributed by atoms with van der Waals surface area (Å²) in [6, 6.07) is 14.8. The molecular formula is C26H28F2N4O2. The maximum atomic E-state index is 14.6. The van der Waals surface area contributed by atoms with E-state index in [-0.39, 0.29) is 18.0 Å². The number of Topliss-reactive ketones (excluding diaryl/α,β-unsaturated/α-hetero) is 1. The summed E-state index contributed by atoms with van der Waals surface area (Å²) in [5.74, 6) is -0.539. The van der Waals surface area contributed by atoms with Crippen molar-refractivity contribution in [1.82, 2.24) is 10.1 Å². The zero-order valence-corrected chi connectivity index (χ0v) is 19.6. The smallest absolute Gasteiger partial charge is 0.176 e. The number of carbonyl (C=O) groups is 1. The molecular weight excluding hydrogens is 438 g/mol. The molecule has 1 unspecified atom stereocenters. The molecule has 4 rings (SSSR count). The van der Waals surface area contributed by atoms with Crippen LogP contribution in [0.15, 0.2) is 64.2 Å². The molecule has 1 aliphatic heterocycles. The van der Waals surface area contributed by atoms with Crippen LogP contribution in [-0.4, -0.2) is 41.7 Å². The molecule has 1 aliphatic rings. The van der Waals surface area contributed by atoms with Crippen LogP contribution in [0.3, 0.4) is 0 Å². The Balaban J connectivity index is 1.60. The molecule has 0 radical (unpaired) electrons. The van der Waals surface area contributed by atoms with Crippen LogP contribution >= 0.6 is 0 Å². The van der Waals surface area contributed by atoms with Crippen LogP contribution in [0.2, 0.25) is 0 Å². The molecule has 0 fully saturated rings. The molecule has 2 heterocycles. The molecule has 0 amide bonds. The largest absolute Gasteiger partial charge is 0.360 e. The van der Waals surface area contributed by atoms with Gasteiger partial charge in [-0.05, 0) is 51.1 Å². The molecule has 3 aromatic rings. The van der Waals surface area contributed by atoms with Gasteiger partial charge in [0.15, 0.2) is 11.5 Å². The lowest BCUT2D eigenvalue weighted by Gasteiger charge is -2.32. The summed E-state index contributed by atoms with van der Waals surface area (Å²) >= 11 is 0. The predicted octanol–water partition coefficient (Wildman–Crippen LogP) is 4.88. The van der Waals surface area contributed by atoms with Crippen molar-refractivity contribution in [3.05, 3.63) is 83.2 Å². The van der Waals surface area contributed by atoms with Crippen molar-refractivity contribution in [3.63, 3.8) is 0 Å². The third kappa shape index (κ3) is 4.92. The summed E-state index contributed by atoms with van der Waals surface area (Å²) < 4.78 is 33.8. The monoisotopic (exact) mass is 466 g/mol. The Bertz CT molecular complexity index is 1190. The number of hydrogen-bond acceptors (Lipinski definition) is 6. The van der Waals surface area contributed by atoms with Crippen LogP contribution in [0.1, 0.15) is 36.8 Å². The van der Waals surface area contributed by atoms with Crippen LogP contribution in [-0.2, 0) is 16.8 Å². The number of nitrogens with zero attached hydrogens (tertiary/aromatic N) is 4. The van der Waals surface area contributed by atoms with Gasteiger partial charge in [0.1, 0.15) is 17.3 Å². The number of aryl methyl sites for hydroxylation is 1. The van der Waals surface area contributed by atoms with Crippen molar-refractivity contribution in [2.75, 3.05) is 25.1 Å². The van der Waals surface area contributed by atoms with E-state index in [1.807, 2.05) is 50.4 Å². The minimum Gasteiger partial charge on any atom is -0.360 e. The first-order valence-corrected chi connectivity index (χ1v) is 11.3. The van der Waals surface area contributed by atoms with Crippen molar-refractivity contribution in [1.29, 1.82) is 0 Å². The molecule has 2 aromatic carbocycles. The quantitative estimate of drug-likeness (QED) is 0.450. The first-order chi connectivity index (χ1) is 16.3. The second-order valence-corrected chi connectivity index (χ2v) is 8.88. The molecule has 8 heteroatoms. The first-order valence-electron chi connectivity index (χ1n) is 11.3. The Hall–Kier alpha value is -3.39. The second kappa shape index (κ2) is 9.85. The molecule has 34 heavy (non-hydrogen) atoms. The van der Waals surface area contributed by atoms with Gasteiger partial charge in [-0.1, -0.05) is 35.5 Å². The van der Waals surface area contributed by atoms with Gasteiger partial charge in [-0.15, -0.1) is 0 Å². The molecule has 6 nitrogen and oxygen atoms in total. The van der Waals surface area contributed by atoms with Crippen LogP contribution < -0.4 is 5.01 Å². The number of aromatic nitrogens is 1. The summed E-state index contributed by atoms with van der Waals surface area (Å²) in [5.41, 5.74) is 1.40. The third-order valence-corrected chi connectivity index (χ3v) is 6.19. The van der Waals surface area contributed by atoms with Crippen LogP contribution in [0, 0.1) is 18.6 Å². The molecule has 0 saturated heterocycles. The fourth-order valence-corrected chi connectivity index (χ4v) is 4.63. The lowest BCUT2D eigenvalue weighted by molar-refractivity contribution is -0.111. The van der Waals surface area contributed by atoms with Gasteiger partial charge in [-0.2, -0.15) is 5.10 Å². The fraction of sp³-hybridized carbons (Fsp3) is 0.346. The van der Waals surface area contributed by atoms with Gasteiger partial charge < -0.3 is 4.52 Å². The SMILES string of the molecule is CC(=O)C1=NN(c2cc(F)ccc2F)CC1(CCCN(C)Cc1cc(C)no1)c1ccccc1. The minimum absolute atomic E-state index is 0.0226. The van der Waals surface area contributed by atoms with Gasteiger partial charge in [-0.25, -0.2) is 8.78 Å². The van der Waals surface area contributed by atoms with Crippen LogP contribution in [0.4, 0.5) is 14.5 Å². The summed E-state index contributed by atoms with van der Waals surface area (Å²) in [6.07, 6.45) is 1.37. The van der Waals surface area contributed by atoms with Crippen molar-refractivity contribution in [2.45, 2.75) is 38.6 Å². The average molecular weight is 467 g/mol. The Morgan fingerprint density at radius 1 is 1.18 bits per heavy atom. The Morgan fingerprint density at radius 2 is 1.94 bits per heavy atom. The second-order valence-electron chi connectivity index (χ2n) is 8.88. The number of ketones is 1. The van der Waals surface area contributed by atoms with Crippen molar-refractivity contribution in [2.24, 2.45) is 5.10 Å². The Morgan fingerprint density at radius 3 is 2.62 bits per heavy atom. The minimum atomic E-state index is -0.741. The lowest BCUT2D eigenvalue weighted by atomic mass is 9.72. The number of hydrazone groups is 1. The van der Waals surface area contributed by atoms with Gasteiger partial charge in [0, 0.05) is 19.1 Å². The summed E-state index contributed by atoms with van der Waals surface area (Å²) in [5, 5.41) is 9.86. The van der Waals surface area contributed by atoms with Gasteiger partial charge in [0.05, 0.1) is 29.9 Å². The van der Waals surface area contributed by atoms with Crippen LogP contribution in [0.5, 0.6) is 0 Å². The lowest BCUT2D eigenvalue weighted by Crippen LogP contribution is -2.42. The highest BCUT2D eigenvalue weighted by Gasteiger charge is 2.46. The standard InChI is InChI=1S/C26H28F2N4O2/c1-18-14-22(34-30-18)16-31(3)13-7-12-26(20-8-5-4-6-9-20)17-32(29-25(26)19(2)33)24-15-21(27)10-11-23(24)28/h4-6,8-11,14-15H,7,12-13,16-17H2,1-3H3. The van der Waals surface area contributed by atoms with E-state index in [9.17, 15) is 13.6 Å². The van der Waals surface area contributed by atoms with Crippen LogP contribution in [0.25, 0.3) is 0 Å². The average Bonchev–Trinajstić information content (AvgIpc) is 3.40. The molecule has 0 aliphatic carbocycles. The van der Waals surface area contributed by atoms with Gasteiger partial charge >= 0.3 is 0 Å². The van der Waals surface area contributed by atoms with Gasteiger partial charge in [-0.3, -0.25) is 14.7 Å². The maximum Gasteiger partial charge on any atom is 0.176 e. The zero-order chi connectivity index (χ0) is 24.3. The Labute approximate surface area is 197 Å². The molecule has 0 spiro atoms. The van der Waals surface area contributed by atoms with Gasteiger partial charge in [0.2, 0.25) is 0 Å². The highest BCUT2D eigenvalue weighted by Crippen LogP contribution is 2.40. The number of hydrogen-bond donors (Lipinski definition) is 0. The number of rotatable bonds is 9. The Kier molecular flexibility index (Phi) is 6.88. The highest BCUT2D eigenvalue weighted by molar-refractivity contribution is 6.43. The summed E-state index contributed by atoms with van der Waals surface area (Å²) in [4.78, 5) is 14.9. The van der Waals surface area contributed by atoms with Crippen molar-refractivity contribution < 1.29 is 18.1 Å². The molecule has 0 bridgehead atoms. The predicted molar refractivity (Wildman–Crippen MR) is 127 cm³/mol. The molecule has 0 N–H and O–H groups in total. The van der Waals surface area contributed by atoms with Crippen molar-refractivity contribution >= 4 is 17.2 Å². The molecule has 1 aromatic heterocycles.